The van der Waals surface area contributed by atoms with Gasteiger partial charge in [-0.3, -0.25) is 33.6 Å². The summed E-state index contributed by atoms with van der Waals surface area (Å²) in [5.41, 5.74) is 1.66. The molecule has 0 radical (unpaired) electrons. The van der Waals surface area contributed by atoms with E-state index in [1.807, 2.05) is 73.1 Å². The smallest absolute Gasteiger partial charge is 0.338 e. The number of allylic oxidation sites excluding steroid dienone is 3. The number of hydrogen-bond acceptors (Lipinski definition) is 29. The molecule has 0 bridgehead atoms. The molecule has 0 aromatic heterocycles. The van der Waals surface area contributed by atoms with Crippen molar-refractivity contribution in [1.29, 1.82) is 5.53 Å². The maximum absolute atomic E-state index is 13.5. The van der Waals surface area contributed by atoms with Gasteiger partial charge in [0.05, 0.1) is 31.2 Å². The van der Waals surface area contributed by atoms with E-state index in [1.54, 1.807) is 99.1 Å². The normalized spacial score (nSPS) is 31.6. The molecule has 864 valence electrons. The van der Waals surface area contributed by atoms with E-state index in [2.05, 4.69) is 57.9 Å². The molecule has 32 nitrogen and oxygen atoms in total. The number of carboxylic acid groups (broad SMARTS) is 1. The van der Waals surface area contributed by atoms with E-state index in [-0.39, 0.29) is 301 Å². The van der Waals surface area contributed by atoms with Gasteiger partial charge in [-0.05, 0) is 290 Å². The molecule has 0 aromatic rings. The fraction of sp³-hybridized carbons (Fsp3) is 0.814. The summed E-state index contributed by atoms with van der Waals surface area (Å²) < 4.78 is 84.0. The Balaban J connectivity index is -0.000000197. The number of carbonyl (C=O) groups excluding carboxylic acids is 9. The Bertz CT molecular complexity index is 4320. The number of terminal acetylenes is 1. The Labute approximate surface area is 958 Å². The number of halogens is 1. The van der Waals surface area contributed by atoms with Crippen molar-refractivity contribution in [2.24, 2.45) is 96.1 Å². The largest absolute Gasteiger partial charge is 0.593 e. The van der Waals surface area contributed by atoms with Gasteiger partial charge in [0.25, 0.3) is 0 Å². The minimum Gasteiger partial charge on any atom is -0.593 e. The first-order valence-corrected chi connectivity index (χ1v) is 49.9. The van der Waals surface area contributed by atoms with Gasteiger partial charge in [0, 0.05) is 111 Å². The Hall–Kier alpha value is -3.03. The quantitative estimate of drug-likeness (QED) is 0.00977. The number of nitrogens with one attached hydrogen (secondary N) is 1. The van der Waals surface area contributed by atoms with Crippen molar-refractivity contribution in [3.8, 4) is 10.3 Å². The summed E-state index contributed by atoms with van der Waals surface area (Å²) in [5.74, 6) is -0.766. The van der Waals surface area contributed by atoms with Gasteiger partial charge in [-0.1, -0.05) is 114 Å². The number of aliphatic hydroxyl groups is 3. The van der Waals surface area contributed by atoms with Gasteiger partial charge in [-0.2, -0.15) is 140 Å². The lowest BCUT2D eigenvalue weighted by Gasteiger charge is -2.60. The number of ketones is 3. The number of rotatable bonds is 14. The molecule has 12 rings (SSSR count). The maximum Gasteiger partial charge on any atom is 0.338 e. The average molecular weight is 2410 g/mol. The summed E-state index contributed by atoms with van der Waals surface area (Å²) in [5, 5.41) is 67.8. The maximum atomic E-state index is 13.5. The molecule has 21 atom stereocenters. The van der Waals surface area contributed by atoms with E-state index in [9.17, 15) is 77.7 Å². The van der Waals surface area contributed by atoms with Crippen LogP contribution in [0.1, 0.15) is 338 Å². The number of esters is 6. The lowest BCUT2D eigenvalue weighted by Crippen LogP contribution is -2.62. The molecular weight excluding hydrogens is 2210 g/mol. The SMILES string of the molecule is C.C.C.C.CC(=O)OC(C)(C)C.CC(=O)OC(C)(C)C.CC(C)(C)OC([O-])=NN=N.CO[C@@]1(C(=O)O)CCC2C3CCC4=CC(=O)CCC4(C)C3C(O)CC21C.CO[C@@]1(C(=O)OCCC(=O)OC(C)(C)C)CCC2C3CCC4=CC(=O)CCC4(C)C3C(O)CC21C.CO[C@@]1(C(=O)OCCC(=O)OC(C)(C)C)CCC2C3CCC4=CC(=O)CCC4(C)C3C(O)CC21C.CS(C)(=O)(O)OO.S.S.S.S.S.S.S.S.S.S.[2H]C#CI. The van der Waals surface area contributed by atoms with Crippen LogP contribution in [0.2, 0.25) is 0 Å². The number of fused-ring (bicyclic) bond motifs is 15. The number of nitrogens with zero attached hydrogens (tertiary/aromatic N) is 2. The molecular formula is C102H193IN3O29S11-. The highest BCUT2D eigenvalue weighted by Gasteiger charge is 2.74. The first-order chi connectivity index (χ1) is 60.7. The highest BCUT2D eigenvalue weighted by Crippen LogP contribution is 2.72. The number of aliphatic hydroxyl groups excluding tert-OH is 3. The van der Waals surface area contributed by atoms with Crippen LogP contribution in [0.25, 0.3) is 0 Å². The second-order valence-electron chi connectivity index (χ2n) is 44.6. The summed E-state index contributed by atoms with van der Waals surface area (Å²) in [7, 11) is 0.541. The Kier molecular flexibility index (Phi) is 69.7. The third kappa shape index (κ3) is 39.9. The van der Waals surface area contributed by atoms with Gasteiger partial charge in [-0.15, -0.1) is 15.8 Å². The molecule has 0 aliphatic heterocycles. The van der Waals surface area contributed by atoms with Crippen LogP contribution in [0.3, 0.4) is 0 Å². The Morgan fingerprint density at radius 1 is 0.473 bits per heavy atom. The number of methoxy groups -OCH3 is 3. The van der Waals surface area contributed by atoms with E-state index in [4.69, 9.17) is 59.3 Å². The highest BCUT2D eigenvalue weighted by molar-refractivity contribution is 14.1. The van der Waals surface area contributed by atoms with Crippen LogP contribution in [0.4, 0.5) is 0 Å². The van der Waals surface area contributed by atoms with E-state index in [0.29, 0.717) is 57.8 Å². The molecule has 9 fully saturated rings. The van der Waals surface area contributed by atoms with E-state index < -0.39 is 114 Å². The molecule has 9 saturated carbocycles. The van der Waals surface area contributed by atoms with Crippen molar-refractivity contribution in [2.45, 2.75) is 400 Å². The first kappa shape index (κ1) is 161. The molecule has 18 unspecified atom stereocenters. The number of aliphatic carboxylic acids is 1. The summed E-state index contributed by atoms with van der Waals surface area (Å²) in [4.78, 5) is 120. The zero-order chi connectivity index (χ0) is 102. The van der Waals surface area contributed by atoms with Crippen LogP contribution in [-0.2, 0) is 109 Å². The molecule has 0 heterocycles. The van der Waals surface area contributed by atoms with Crippen LogP contribution in [0.5, 0.6) is 0 Å². The molecule has 0 saturated heterocycles. The van der Waals surface area contributed by atoms with Crippen molar-refractivity contribution in [2.75, 3.05) is 47.1 Å². The Morgan fingerprint density at radius 2 is 0.712 bits per heavy atom. The summed E-state index contributed by atoms with van der Waals surface area (Å²) in [6, 6.07) is 0. The summed E-state index contributed by atoms with van der Waals surface area (Å²) in [6.07, 6.45) is 21.3. The summed E-state index contributed by atoms with van der Waals surface area (Å²) >= 11 is 1.80. The minimum atomic E-state index is -4.06. The fourth-order valence-electron chi connectivity index (χ4n) is 25.0. The van der Waals surface area contributed by atoms with Gasteiger partial charge in [0.2, 0.25) is 0 Å². The third-order valence-corrected chi connectivity index (χ3v) is 30.1. The van der Waals surface area contributed by atoms with Crippen molar-refractivity contribution in [1.82, 2.24) is 0 Å². The van der Waals surface area contributed by atoms with E-state index in [0.717, 1.165) is 89.6 Å². The molecule has 146 heavy (non-hydrogen) atoms. The third-order valence-electron chi connectivity index (χ3n) is 29.7. The van der Waals surface area contributed by atoms with E-state index >= 15 is 0 Å². The molecule has 44 heteroatoms. The number of ether oxygens (including phenoxy) is 10. The van der Waals surface area contributed by atoms with Crippen molar-refractivity contribution < 1.29 is 141 Å². The second kappa shape index (κ2) is 63.4. The average Bonchev–Trinajstić information content (AvgIpc) is 1.54. The van der Waals surface area contributed by atoms with Crippen LogP contribution in [0.15, 0.2) is 45.3 Å². The number of carbonyl (C=O) groups is 10. The van der Waals surface area contributed by atoms with Gasteiger partial charge in [-0.25, -0.2) is 23.8 Å². The first-order valence-electron chi connectivity index (χ1n) is 46.6. The highest BCUT2D eigenvalue weighted by atomic mass is 127. The molecule has 0 amide bonds. The zero-order valence-corrected chi connectivity index (χ0v) is 102. The minimum absolute atomic E-state index is 0. The molecule has 0 aromatic carbocycles. The van der Waals surface area contributed by atoms with Crippen LogP contribution < -0.4 is 5.11 Å². The second-order valence-corrected chi connectivity index (χ2v) is 48.6. The number of hydrogen-bond donors (Lipinski definition) is 7. The van der Waals surface area contributed by atoms with Crippen molar-refractivity contribution >= 4 is 232 Å². The Morgan fingerprint density at radius 3 is 0.911 bits per heavy atom. The van der Waals surface area contributed by atoms with Crippen LogP contribution >= 0.6 is 158 Å². The number of carboxylic acids is 1. The van der Waals surface area contributed by atoms with Gasteiger partial charge < -0.3 is 77.5 Å². The van der Waals surface area contributed by atoms with E-state index in [1.165, 1.54) is 37.7 Å². The molecule has 12 aliphatic carbocycles. The van der Waals surface area contributed by atoms with Crippen molar-refractivity contribution in [3.63, 3.8) is 0 Å². The zero-order valence-electron chi connectivity index (χ0n) is 89.6. The monoisotopic (exact) mass is 2400 g/mol. The fourth-order valence-corrected chi connectivity index (χ4v) is 25.0. The standard InChI is InChI=1S/2C28H42O7.C21H30O5.2C6H12O2.C5H11N3O2.C2HI.C2H8O4S.4CH4.10H2S/c2*1-25(2,3)35-22(31)11-14-34-24(32)28(33-6)13-10-20-19-8-7-17-15-18(29)9-12-26(17,4)23(19)21(30)16-27(20,28)5;1-19-8-6-13(22)10-12(19)4-5-14-15-7-9-21(26-3,18(24)25)20(15,2)11-16(23)17(14)19;2*1-5(7)8-6(2,3)4;1-5(2,3)10-4(9)7-8-6;1-2-3;1-7(2,4,5)6-3;;;;;;;;;;;;;;/h2*15,19-21,23,30H,7-14,16H2,1-6H3;10,14-17,23H,4-9,11H2,1-3H3,(H,24,25);2*1-4H3;1-3H3,(H2,6,7,9);1H;3H,1-2H3,(H,4,5);4*1H4;10*1H2/p-1/t2*19?,20?,21?,23?,26?,27?,28-;14?,15?,16?,17?,19?,20?,21-;;;;;;;;;;;;;;;;;;;/m111.................../s1/i;;;;;;1D;;;;;;;;;;;;;;;. The van der Waals surface area contributed by atoms with Gasteiger partial charge in [0.15, 0.2) is 40.2 Å². The predicted octanol–water partition coefficient (Wildman–Crippen LogP) is 19.0. The summed E-state index contributed by atoms with van der Waals surface area (Å²) in [6.45, 7) is 42.5. The lowest BCUT2D eigenvalue weighted by atomic mass is 9.45. The lowest BCUT2D eigenvalue weighted by molar-refractivity contribution is -0.260. The molecule has 0 spiro atoms. The predicted molar refractivity (Wildman–Crippen MR) is 630 cm³/mol. The van der Waals surface area contributed by atoms with Gasteiger partial charge >= 0.3 is 41.8 Å². The topological polar surface area (TPSA) is 482 Å². The van der Waals surface area contributed by atoms with Gasteiger partial charge in [0.1, 0.15) is 46.6 Å². The van der Waals surface area contributed by atoms with Crippen LogP contribution in [-0.4, -0.2) is 210 Å². The van der Waals surface area contributed by atoms with Crippen molar-refractivity contribution in [3.05, 3.63) is 34.9 Å². The molecule has 12 aliphatic rings. The van der Waals surface area contributed by atoms with Crippen LogP contribution in [0, 0.1) is 102 Å². The molecule has 7 N–H and O–H groups in total.